The molecule has 1 N–H and O–H groups in total. The van der Waals surface area contributed by atoms with Gasteiger partial charge in [-0.05, 0) is 37.1 Å². The fourth-order valence-electron chi connectivity index (χ4n) is 1.65. The number of nitrogens with one attached hydrogen (secondary N) is 1. The normalized spacial score (nSPS) is 10.0. The van der Waals surface area contributed by atoms with Crippen molar-refractivity contribution in [2.24, 2.45) is 0 Å². The van der Waals surface area contributed by atoms with Gasteiger partial charge < -0.3 is 15.0 Å². The van der Waals surface area contributed by atoms with Crippen LogP contribution < -0.4 is 10.1 Å². The van der Waals surface area contributed by atoms with Gasteiger partial charge in [-0.15, -0.1) is 0 Å². The van der Waals surface area contributed by atoms with Crippen LogP contribution in [0.5, 0.6) is 5.75 Å². The topological polar surface area (TPSA) is 41.6 Å². The minimum absolute atomic E-state index is 0.170. The molecule has 18 heavy (non-hydrogen) atoms. The molecule has 1 amide bonds. The van der Waals surface area contributed by atoms with Gasteiger partial charge in [0.1, 0.15) is 5.75 Å². The number of hydrogen-bond donors (Lipinski definition) is 1. The minimum Gasteiger partial charge on any atom is -0.497 e. The molecule has 1 aromatic rings. The SMILES string of the molecule is COc1ccc(NCCCC(=O)N(C)C)c(C)c1. The number of carbonyl (C=O) groups excluding carboxylic acids is 1. The lowest BCUT2D eigenvalue weighted by Crippen LogP contribution is -2.22. The number of aryl methyl sites for hydroxylation is 1. The number of nitrogens with zero attached hydrogens (tertiary/aromatic N) is 1. The maximum atomic E-state index is 11.4. The van der Waals surface area contributed by atoms with Crippen LogP contribution in [-0.2, 0) is 4.79 Å². The summed E-state index contributed by atoms with van der Waals surface area (Å²) >= 11 is 0. The van der Waals surface area contributed by atoms with Gasteiger partial charge in [-0.3, -0.25) is 4.79 Å². The summed E-state index contributed by atoms with van der Waals surface area (Å²) in [6, 6.07) is 5.93. The van der Waals surface area contributed by atoms with Crippen molar-refractivity contribution in [3.8, 4) is 5.75 Å². The highest BCUT2D eigenvalue weighted by Crippen LogP contribution is 2.20. The first-order valence-corrected chi connectivity index (χ1v) is 6.13. The quantitative estimate of drug-likeness (QED) is 0.788. The molecule has 1 rings (SSSR count). The van der Waals surface area contributed by atoms with Crippen LogP contribution >= 0.6 is 0 Å². The molecule has 0 spiro atoms. The molecule has 0 saturated heterocycles. The zero-order valence-corrected chi connectivity index (χ0v) is 11.6. The van der Waals surface area contributed by atoms with Crippen LogP contribution in [0.15, 0.2) is 18.2 Å². The molecule has 0 unspecified atom stereocenters. The number of methoxy groups -OCH3 is 1. The molecule has 100 valence electrons. The summed E-state index contributed by atoms with van der Waals surface area (Å²) < 4.78 is 5.16. The van der Waals surface area contributed by atoms with Crippen molar-refractivity contribution in [1.29, 1.82) is 0 Å². The molecule has 4 nitrogen and oxygen atoms in total. The molecule has 0 aliphatic carbocycles. The highest BCUT2D eigenvalue weighted by Gasteiger charge is 2.03. The van der Waals surface area contributed by atoms with Crippen molar-refractivity contribution in [2.45, 2.75) is 19.8 Å². The van der Waals surface area contributed by atoms with Gasteiger partial charge >= 0.3 is 0 Å². The number of benzene rings is 1. The van der Waals surface area contributed by atoms with Gasteiger partial charge in [0.05, 0.1) is 7.11 Å². The van der Waals surface area contributed by atoms with Crippen molar-refractivity contribution in [1.82, 2.24) is 4.90 Å². The van der Waals surface area contributed by atoms with E-state index < -0.39 is 0 Å². The first kappa shape index (κ1) is 14.4. The monoisotopic (exact) mass is 250 g/mol. The van der Waals surface area contributed by atoms with Gasteiger partial charge in [-0.25, -0.2) is 0 Å². The van der Waals surface area contributed by atoms with Crippen molar-refractivity contribution in [2.75, 3.05) is 33.1 Å². The minimum atomic E-state index is 0.170. The molecule has 4 heteroatoms. The lowest BCUT2D eigenvalue weighted by Gasteiger charge is -2.12. The Hall–Kier alpha value is -1.71. The molecule has 1 aromatic carbocycles. The Labute approximate surface area is 109 Å². The summed E-state index contributed by atoms with van der Waals surface area (Å²) in [4.78, 5) is 13.0. The summed E-state index contributed by atoms with van der Waals surface area (Å²) in [7, 11) is 5.22. The molecule has 0 atom stereocenters. The Balaban J connectivity index is 2.38. The highest BCUT2D eigenvalue weighted by atomic mass is 16.5. The van der Waals surface area contributed by atoms with E-state index in [2.05, 4.69) is 5.32 Å². The predicted molar refractivity (Wildman–Crippen MR) is 74.1 cm³/mol. The van der Waals surface area contributed by atoms with Crippen molar-refractivity contribution < 1.29 is 9.53 Å². The molecule has 0 saturated carbocycles. The predicted octanol–water partition coefficient (Wildman–Crippen LogP) is 2.28. The van der Waals surface area contributed by atoms with Crippen LogP contribution in [0.25, 0.3) is 0 Å². The molecular formula is C14H22N2O2. The smallest absolute Gasteiger partial charge is 0.222 e. The summed E-state index contributed by atoms with van der Waals surface area (Å²) in [5.74, 6) is 1.03. The van der Waals surface area contributed by atoms with Crippen molar-refractivity contribution in [3.63, 3.8) is 0 Å². The van der Waals surface area contributed by atoms with E-state index in [-0.39, 0.29) is 5.91 Å². The Morgan fingerprint density at radius 2 is 2.11 bits per heavy atom. The zero-order chi connectivity index (χ0) is 13.5. The van der Waals surface area contributed by atoms with Crippen LogP contribution in [0, 0.1) is 6.92 Å². The van der Waals surface area contributed by atoms with Crippen LogP contribution in [0.2, 0.25) is 0 Å². The second kappa shape index (κ2) is 6.89. The lowest BCUT2D eigenvalue weighted by atomic mass is 10.2. The molecule has 0 aromatic heterocycles. The van der Waals surface area contributed by atoms with Crippen LogP contribution in [0.3, 0.4) is 0 Å². The molecule has 0 fully saturated rings. The largest absolute Gasteiger partial charge is 0.497 e. The van der Waals surface area contributed by atoms with E-state index in [1.807, 2.05) is 25.1 Å². The van der Waals surface area contributed by atoms with Gasteiger partial charge in [0.2, 0.25) is 5.91 Å². The lowest BCUT2D eigenvalue weighted by molar-refractivity contribution is -0.128. The number of ether oxygens (including phenoxy) is 1. The number of rotatable bonds is 6. The molecular weight excluding hydrogens is 228 g/mol. The standard InChI is InChI=1S/C14H22N2O2/c1-11-10-12(18-4)7-8-13(11)15-9-5-6-14(17)16(2)3/h7-8,10,15H,5-6,9H2,1-4H3. The maximum Gasteiger partial charge on any atom is 0.222 e. The average molecular weight is 250 g/mol. The van der Waals surface area contributed by atoms with Crippen molar-refractivity contribution in [3.05, 3.63) is 23.8 Å². The van der Waals surface area contributed by atoms with Crippen LogP contribution in [-0.4, -0.2) is 38.6 Å². The number of carbonyl (C=O) groups is 1. The zero-order valence-electron chi connectivity index (χ0n) is 11.6. The van der Waals surface area contributed by atoms with Crippen LogP contribution in [0.1, 0.15) is 18.4 Å². The van der Waals surface area contributed by atoms with Gasteiger partial charge in [0, 0.05) is 32.7 Å². The first-order chi connectivity index (χ1) is 8.54. The van der Waals surface area contributed by atoms with E-state index in [9.17, 15) is 4.79 Å². The molecule has 0 heterocycles. The van der Waals surface area contributed by atoms with Gasteiger partial charge in [-0.1, -0.05) is 0 Å². The average Bonchev–Trinajstić information content (AvgIpc) is 2.35. The summed E-state index contributed by atoms with van der Waals surface area (Å²) in [6.07, 6.45) is 1.41. The van der Waals surface area contributed by atoms with E-state index >= 15 is 0 Å². The highest BCUT2D eigenvalue weighted by molar-refractivity contribution is 5.75. The maximum absolute atomic E-state index is 11.4. The van der Waals surface area contributed by atoms with E-state index in [1.54, 1.807) is 26.1 Å². The van der Waals surface area contributed by atoms with Crippen LogP contribution in [0.4, 0.5) is 5.69 Å². The molecule has 0 aliphatic rings. The number of amides is 1. The molecule has 0 radical (unpaired) electrons. The Morgan fingerprint density at radius 1 is 1.39 bits per heavy atom. The molecule has 0 bridgehead atoms. The first-order valence-electron chi connectivity index (χ1n) is 6.13. The van der Waals surface area contributed by atoms with E-state index in [0.717, 1.165) is 30.0 Å². The summed E-state index contributed by atoms with van der Waals surface area (Å²) in [5, 5.41) is 3.33. The third kappa shape index (κ3) is 4.28. The second-order valence-corrected chi connectivity index (χ2v) is 4.50. The fraction of sp³-hybridized carbons (Fsp3) is 0.500. The Bertz CT molecular complexity index is 403. The third-order valence-corrected chi connectivity index (χ3v) is 2.82. The van der Waals surface area contributed by atoms with Gasteiger partial charge in [-0.2, -0.15) is 0 Å². The summed E-state index contributed by atoms with van der Waals surface area (Å²) in [5.41, 5.74) is 2.24. The molecule has 0 aliphatic heterocycles. The van der Waals surface area contributed by atoms with E-state index in [0.29, 0.717) is 6.42 Å². The number of anilines is 1. The fourth-order valence-corrected chi connectivity index (χ4v) is 1.65. The second-order valence-electron chi connectivity index (χ2n) is 4.50. The van der Waals surface area contributed by atoms with Gasteiger partial charge in [0.15, 0.2) is 0 Å². The van der Waals surface area contributed by atoms with Crippen molar-refractivity contribution >= 4 is 11.6 Å². The Morgan fingerprint density at radius 3 is 2.67 bits per heavy atom. The number of hydrogen-bond acceptors (Lipinski definition) is 3. The van der Waals surface area contributed by atoms with Gasteiger partial charge in [0.25, 0.3) is 0 Å². The third-order valence-electron chi connectivity index (χ3n) is 2.82. The van der Waals surface area contributed by atoms with E-state index in [1.165, 1.54) is 0 Å². The summed E-state index contributed by atoms with van der Waals surface area (Å²) in [6.45, 7) is 2.84. The van der Waals surface area contributed by atoms with E-state index in [4.69, 9.17) is 4.74 Å². The Kier molecular flexibility index (Phi) is 5.49.